The second-order valence-electron chi connectivity index (χ2n) is 8.75. The minimum atomic E-state index is -0.518. The molecule has 4 heteroatoms. The summed E-state index contributed by atoms with van der Waals surface area (Å²) in [5.41, 5.74) is 8.55. The van der Waals surface area contributed by atoms with Crippen LogP contribution in [0.4, 0.5) is 0 Å². The smallest absolute Gasteiger partial charge is 0.227 e. The van der Waals surface area contributed by atoms with Gasteiger partial charge in [-0.3, -0.25) is 9.59 Å². The van der Waals surface area contributed by atoms with Gasteiger partial charge in [-0.25, -0.2) is 0 Å². The fourth-order valence-electron chi connectivity index (χ4n) is 5.15. The van der Waals surface area contributed by atoms with E-state index in [0.717, 1.165) is 23.1 Å². The van der Waals surface area contributed by atoms with Gasteiger partial charge in [0.25, 0.3) is 0 Å². The molecule has 1 saturated carbocycles. The lowest BCUT2D eigenvalue weighted by molar-refractivity contribution is -0.148. The number of carbonyl (C=O) groups is 2. The van der Waals surface area contributed by atoms with Crippen molar-refractivity contribution in [3.05, 3.63) is 60.2 Å². The topological polar surface area (TPSA) is 63.4 Å². The number of hydrogen-bond donors (Lipinski definition) is 1. The average Bonchev–Trinajstić information content (AvgIpc) is 2.99. The van der Waals surface area contributed by atoms with E-state index in [-0.39, 0.29) is 23.1 Å². The molecule has 2 atom stereocenters. The van der Waals surface area contributed by atoms with Gasteiger partial charge in [-0.2, -0.15) is 0 Å². The molecule has 1 heterocycles. The van der Waals surface area contributed by atoms with E-state index in [1.54, 1.807) is 0 Å². The minimum absolute atomic E-state index is 0.0708. The van der Waals surface area contributed by atoms with Crippen LogP contribution in [0.3, 0.4) is 0 Å². The number of fused-ring (bicyclic) bond motifs is 1. The van der Waals surface area contributed by atoms with Crippen molar-refractivity contribution in [1.82, 2.24) is 4.90 Å². The standard InChI is InChI=1S/C23H26N2O2/c1-22(2)14-23(21(24)27)15-25(13-19(22)23)20(26)12-16-8-10-18(11-9-16)17-6-4-3-5-7-17/h3-11,19H,12-15H2,1-2H3,(H2,24,27)/t19-,23+/m1/s1. The third-order valence-corrected chi connectivity index (χ3v) is 6.52. The lowest BCUT2D eigenvalue weighted by Gasteiger charge is -2.54. The quantitative estimate of drug-likeness (QED) is 0.907. The molecule has 1 saturated heterocycles. The van der Waals surface area contributed by atoms with E-state index in [1.807, 2.05) is 35.2 Å². The Kier molecular flexibility index (Phi) is 4.10. The van der Waals surface area contributed by atoms with Gasteiger partial charge in [-0.05, 0) is 34.4 Å². The molecule has 1 aliphatic heterocycles. The van der Waals surface area contributed by atoms with Crippen LogP contribution in [0, 0.1) is 16.7 Å². The average molecular weight is 362 g/mol. The molecular weight excluding hydrogens is 336 g/mol. The molecule has 2 fully saturated rings. The zero-order valence-electron chi connectivity index (χ0n) is 15.9. The van der Waals surface area contributed by atoms with Crippen molar-refractivity contribution in [2.24, 2.45) is 22.5 Å². The molecule has 2 amide bonds. The fourth-order valence-corrected chi connectivity index (χ4v) is 5.15. The Morgan fingerprint density at radius 1 is 1.04 bits per heavy atom. The summed E-state index contributed by atoms with van der Waals surface area (Å²) < 4.78 is 0. The zero-order valence-corrected chi connectivity index (χ0v) is 15.9. The summed E-state index contributed by atoms with van der Waals surface area (Å²) in [6.07, 6.45) is 1.13. The summed E-state index contributed by atoms with van der Waals surface area (Å²) in [5.74, 6) is -0.00506. The maximum absolute atomic E-state index is 12.8. The molecule has 0 spiro atoms. The van der Waals surface area contributed by atoms with Crippen molar-refractivity contribution in [2.45, 2.75) is 26.7 Å². The van der Waals surface area contributed by atoms with Gasteiger partial charge in [0, 0.05) is 13.1 Å². The van der Waals surface area contributed by atoms with Crippen molar-refractivity contribution in [3.8, 4) is 11.1 Å². The molecule has 2 aliphatic rings. The predicted octanol–water partition coefficient (Wildman–Crippen LogP) is 3.26. The van der Waals surface area contributed by atoms with Crippen molar-refractivity contribution in [3.63, 3.8) is 0 Å². The lowest BCUT2D eigenvalue weighted by Crippen LogP contribution is -2.59. The highest BCUT2D eigenvalue weighted by Gasteiger charge is 2.66. The van der Waals surface area contributed by atoms with Crippen molar-refractivity contribution >= 4 is 11.8 Å². The normalized spacial score (nSPS) is 25.6. The molecule has 0 radical (unpaired) electrons. The highest BCUT2D eigenvalue weighted by atomic mass is 16.2. The van der Waals surface area contributed by atoms with Gasteiger partial charge < -0.3 is 10.6 Å². The molecule has 2 aromatic carbocycles. The van der Waals surface area contributed by atoms with Crippen LogP contribution in [0.1, 0.15) is 25.8 Å². The van der Waals surface area contributed by atoms with E-state index in [4.69, 9.17) is 5.73 Å². The maximum Gasteiger partial charge on any atom is 0.227 e. The fraction of sp³-hybridized carbons (Fsp3) is 0.391. The van der Waals surface area contributed by atoms with Crippen molar-refractivity contribution < 1.29 is 9.59 Å². The second-order valence-corrected chi connectivity index (χ2v) is 8.75. The summed E-state index contributed by atoms with van der Waals surface area (Å²) >= 11 is 0. The van der Waals surface area contributed by atoms with Crippen LogP contribution in [0.15, 0.2) is 54.6 Å². The number of nitrogens with two attached hydrogens (primary N) is 1. The number of carbonyl (C=O) groups excluding carboxylic acids is 2. The van der Waals surface area contributed by atoms with Crippen LogP contribution in [0.2, 0.25) is 0 Å². The van der Waals surface area contributed by atoms with Crippen molar-refractivity contribution in [1.29, 1.82) is 0 Å². The van der Waals surface area contributed by atoms with E-state index in [9.17, 15) is 9.59 Å². The molecule has 0 unspecified atom stereocenters. The molecule has 2 N–H and O–H groups in total. The van der Waals surface area contributed by atoms with Crippen LogP contribution in [-0.2, 0) is 16.0 Å². The number of nitrogens with zero attached hydrogens (tertiary/aromatic N) is 1. The molecule has 4 nitrogen and oxygen atoms in total. The monoisotopic (exact) mass is 362 g/mol. The Bertz CT molecular complexity index is 873. The first-order valence-corrected chi connectivity index (χ1v) is 9.54. The summed E-state index contributed by atoms with van der Waals surface area (Å²) in [6, 6.07) is 18.3. The molecule has 0 aromatic heterocycles. The largest absolute Gasteiger partial charge is 0.369 e. The molecule has 4 rings (SSSR count). The first kappa shape index (κ1) is 17.8. The third-order valence-electron chi connectivity index (χ3n) is 6.52. The number of likely N-dealkylation sites (tertiary alicyclic amines) is 1. The second kappa shape index (κ2) is 6.22. The highest BCUT2D eigenvalue weighted by molar-refractivity contribution is 5.86. The van der Waals surface area contributed by atoms with Crippen LogP contribution < -0.4 is 5.73 Å². The summed E-state index contributed by atoms with van der Waals surface area (Å²) in [7, 11) is 0. The molecular formula is C23H26N2O2. The van der Waals surface area contributed by atoms with Gasteiger partial charge in [0.05, 0.1) is 11.8 Å². The maximum atomic E-state index is 12.8. The van der Waals surface area contributed by atoms with E-state index >= 15 is 0 Å². The lowest BCUT2D eigenvalue weighted by atomic mass is 9.48. The number of primary amides is 1. The molecule has 1 aliphatic carbocycles. The Hall–Kier alpha value is -2.62. The zero-order chi connectivity index (χ0) is 19.2. The SMILES string of the molecule is CC1(C)C[C@]2(C(N)=O)CN(C(=O)Cc3ccc(-c4ccccc4)cc3)C[C@H]12. The Balaban J connectivity index is 1.45. The Morgan fingerprint density at radius 3 is 2.22 bits per heavy atom. The van der Waals surface area contributed by atoms with Gasteiger partial charge >= 0.3 is 0 Å². The van der Waals surface area contributed by atoms with Gasteiger partial charge in [0.15, 0.2) is 0 Å². The van der Waals surface area contributed by atoms with E-state index in [0.29, 0.717) is 19.5 Å². The highest BCUT2D eigenvalue weighted by Crippen LogP contribution is 2.62. The van der Waals surface area contributed by atoms with Crippen LogP contribution >= 0.6 is 0 Å². The summed E-state index contributed by atoms with van der Waals surface area (Å²) in [6.45, 7) is 5.43. The number of rotatable bonds is 4. The first-order chi connectivity index (χ1) is 12.8. The van der Waals surface area contributed by atoms with Gasteiger partial charge in [0.1, 0.15) is 0 Å². The van der Waals surface area contributed by atoms with Gasteiger partial charge in [-0.1, -0.05) is 68.4 Å². The van der Waals surface area contributed by atoms with Crippen LogP contribution in [-0.4, -0.2) is 29.8 Å². The van der Waals surface area contributed by atoms with Gasteiger partial charge in [0.2, 0.25) is 11.8 Å². The van der Waals surface area contributed by atoms with E-state index in [2.05, 4.69) is 38.1 Å². The van der Waals surface area contributed by atoms with Crippen molar-refractivity contribution in [2.75, 3.05) is 13.1 Å². The van der Waals surface area contributed by atoms with Crippen LogP contribution in [0.5, 0.6) is 0 Å². The first-order valence-electron chi connectivity index (χ1n) is 9.54. The van der Waals surface area contributed by atoms with E-state index in [1.165, 1.54) is 0 Å². The Labute approximate surface area is 160 Å². The minimum Gasteiger partial charge on any atom is -0.369 e. The number of amides is 2. The predicted molar refractivity (Wildman–Crippen MR) is 106 cm³/mol. The molecule has 2 aromatic rings. The number of benzene rings is 2. The van der Waals surface area contributed by atoms with E-state index < -0.39 is 5.41 Å². The summed E-state index contributed by atoms with van der Waals surface area (Å²) in [4.78, 5) is 26.7. The Morgan fingerprint density at radius 2 is 1.67 bits per heavy atom. The molecule has 0 bridgehead atoms. The third kappa shape index (κ3) is 2.93. The van der Waals surface area contributed by atoms with Crippen LogP contribution in [0.25, 0.3) is 11.1 Å². The number of hydrogen-bond acceptors (Lipinski definition) is 2. The summed E-state index contributed by atoms with van der Waals surface area (Å²) in [5, 5.41) is 0. The molecule has 140 valence electrons. The molecule has 27 heavy (non-hydrogen) atoms. The van der Waals surface area contributed by atoms with Gasteiger partial charge in [-0.15, -0.1) is 0 Å².